The molecule has 0 bridgehead atoms. The summed E-state index contributed by atoms with van der Waals surface area (Å²) in [4.78, 5) is 0. The van der Waals surface area contributed by atoms with Crippen molar-refractivity contribution in [2.45, 2.75) is 47.1 Å². The summed E-state index contributed by atoms with van der Waals surface area (Å²) >= 11 is 0. The second-order valence-corrected chi connectivity index (χ2v) is 5.47. The second kappa shape index (κ2) is 3.37. The fraction of sp³-hybridized carbons (Fsp3) is 1.00. The Kier molecular flexibility index (Phi) is 2.82. The molecule has 1 heteroatoms. The first kappa shape index (κ1) is 10.0. The van der Waals surface area contributed by atoms with Crippen LogP contribution in [0.25, 0.3) is 0 Å². The Balaban J connectivity index is 2.49. The average molecular weight is 170 g/mol. The number of rotatable bonds is 3. The molecule has 0 aromatic carbocycles. The number of epoxide rings is 1. The molecule has 1 aliphatic rings. The van der Waals surface area contributed by atoms with Gasteiger partial charge in [0, 0.05) is 0 Å². The summed E-state index contributed by atoms with van der Waals surface area (Å²) < 4.78 is 5.40. The van der Waals surface area contributed by atoms with Gasteiger partial charge in [0.15, 0.2) is 0 Å². The van der Waals surface area contributed by atoms with Crippen LogP contribution in [0.15, 0.2) is 0 Å². The molecule has 1 nitrogen and oxygen atoms in total. The van der Waals surface area contributed by atoms with E-state index in [-0.39, 0.29) is 0 Å². The molecule has 1 aliphatic heterocycles. The SMILES string of the molecule is CC(C)CC(C1CO1)C(C)(C)C. The predicted octanol–water partition coefficient (Wildman–Crippen LogP) is 3.09. The van der Waals surface area contributed by atoms with Crippen molar-refractivity contribution in [3.63, 3.8) is 0 Å². The molecule has 0 N–H and O–H groups in total. The average Bonchev–Trinajstić information content (AvgIpc) is 2.60. The lowest BCUT2D eigenvalue weighted by Crippen LogP contribution is -2.26. The van der Waals surface area contributed by atoms with Crippen molar-refractivity contribution in [1.29, 1.82) is 0 Å². The van der Waals surface area contributed by atoms with E-state index in [2.05, 4.69) is 34.6 Å². The van der Waals surface area contributed by atoms with E-state index < -0.39 is 0 Å². The highest BCUT2D eigenvalue weighted by molar-refractivity contribution is 4.87. The maximum Gasteiger partial charge on any atom is 0.0843 e. The molecule has 0 aliphatic carbocycles. The summed E-state index contributed by atoms with van der Waals surface area (Å²) in [5, 5.41) is 0. The van der Waals surface area contributed by atoms with Gasteiger partial charge in [-0.2, -0.15) is 0 Å². The highest BCUT2D eigenvalue weighted by Gasteiger charge is 2.39. The molecule has 1 heterocycles. The van der Waals surface area contributed by atoms with Gasteiger partial charge in [-0.05, 0) is 23.7 Å². The summed E-state index contributed by atoms with van der Waals surface area (Å²) in [6.45, 7) is 12.5. The van der Waals surface area contributed by atoms with E-state index in [1.54, 1.807) is 0 Å². The zero-order valence-electron chi connectivity index (χ0n) is 9.05. The first-order valence-electron chi connectivity index (χ1n) is 5.03. The predicted molar refractivity (Wildman–Crippen MR) is 52.1 cm³/mol. The molecule has 0 saturated carbocycles. The zero-order valence-corrected chi connectivity index (χ0v) is 9.05. The Hall–Kier alpha value is -0.0400. The molecule has 1 saturated heterocycles. The highest BCUT2D eigenvalue weighted by atomic mass is 16.6. The Morgan fingerprint density at radius 1 is 1.33 bits per heavy atom. The molecule has 0 amide bonds. The van der Waals surface area contributed by atoms with Crippen LogP contribution in [-0.4, -0.2) is 12.7 Å². The van der Waals surface area contributed by atoms with E-state index in [1.165, 1.54) is 6.42 Å². The molecule has 0 spiro atoms. The van der Waals surface area contributed by atoms with E-state index in [4.69, 9.17) is 4.74 Å². The van der Waals surface area contributed by atoms with Crippen molar-refractivity contribution in [2.75, 3.05) is 6.61 Å². The van der Waals surface area contributed by atoms with Crippen LogP contribution in [0.1, 0.15) is 41.0 Å². The molecule has 1 rings (SSSR count). The van der Waals surface area contributed by atoms with Crippen molar-refractivity contribution in [2.24, 2.45) is 17.3 Å². The van der Waals surface area contributed by atoms with Gasteiger partial charge in [-0.15, -0.1) is 0 Å². The van der Waals surface area contributed by atoms with Crippen LogP contribution in [0, 0.1) is 17.3 Å². The van der Waals surface area contributed by atoms with Gasteiger partial charge in [-0.25, -0.2) is 0 Å². The van der Waals surface area contributed by atoms with E-state index in [0.29, 0.717) is 11.5 Å². The summed E-state index contributed by atoms with van der Waals surface area (Å²) in [5.41, 5.74) is 0.408. The van der Waals surface area contributed by atoms with E-state index in [0.717, 1.165) is 18.4 Å². The molecule has 0 radical (unpaired) electrons. The number of ether oxygens (including phenoxy) is 1. The summed E-state index contributed by atoms with van der Waals surface area (Å²) in [6, 6.07) is 0. The Bertz CT molecular complexity index is 140. The molecular weight excluding hydrogens is 148 g/mol. The van der Waals surface area contributed by atoms with Gasteiger partial charge in [0.2, 0.25) is 0 Å². The quantitative estimate of drug-likeness (QED) is 0.593. The fourth-order valence-corrected chi connectivity index (χ4v) is 1.86. The topological polar surface area (TPSA) is 12.5 Å². The second-order valence-electron chi connectivity index (χ2n) is 5.47. The van der Waals surface area contributed by atoms with Gasteiger partial charge in [0.1, 0.15) is 0 Å². The van der Waals surface area contributed by atoms with Gasteiger partial charge in [0.25, 0.3) is 0 Å². The minimum Gasteiger partial charge on any atom is -0.373 e. The standard InChI is InChI=1S/C11H22O/c1-8(2)6-9(10-7-12-10)11(3,4)5/h8-10H,6-7H2,1-5H3. The van der Waals surface area contributed by atoms with Crippen molar-refractivity contribution in [1.82, 2.24) is 0 Å². The van der Waals surface area contributed by atoms with Crippen LogP contribution in [0.2, 0.25) is 0 Å². The van der Waals surface area contributed by atoms with Crippen molar-refractivity contribution in [3.05, 3.63) is 0 Å². The van der Waals surface area contributed by atoms with Gasteiger partial charge in [-0.3, -0.25) is 0 Å². The third-order valence-electron chi connectivity index (χ3n) is 2.65. The van der Waals surface area contributed by atoms with Crippen LogP contribution in [0.5, 0.6) is 0 Å². The summed E-state index contributed by atoms with van der Waals surface area (Å²) in [5.74, 6) is 1.54. The molecule has 0 aromatic heterocycles. The molecular formula is C11H22O. The maximum absolute atomic E-state index is 5.40. The lowest BCUT2D eigenvalue weighted by Gasteiger charge is -2.30. The minimum absolute atomic E-state index is 0.408. The minimum atomic E-state index is 0.408. The van der Waals surface area contributed by atoms with Gasteiger partial charge >= 0.3 is 0 Å². The first-order valence-corrected chi connectivity index (χ1v) is 5.03. The summed E-state index contributed by atoms with van der Waals surface area (Å²) in [6.07, 6.45) is 1.86. The van der Waals surface area contributed by atoms with Gasteiger partial charge in [-0.1, -0.05) is 34.6 Å². The van der Waals surface area contributed by atoms with Crippen LogP contribution in [0.3, 0.4) is 0 Å². The molecule has 12 heavy (non-hydrogen) atoms. The third-order valence-corrected chi connectivity index (χ3v) is 2.65. The maximum atomic E-state index is 5.40. The summed E-state index contributed by atoms with van der Waals surface area (Å²) in [7, 11) is 0. The number of hydrogen-bond donors (Lipinski definition) is 0. The third kappa shape index (κ3) is 2.78. The molecule has 0 aromatic rings. The monoisotopic (exact) mass is 170 g/mol. The lowest BCUT2D eigenvalue weighted by atomic mass is 9.74. The van der Waals surface area contributed by atoms with Crippen LogP contribution in [-0.2, 0) is 4.74 Å². The molecule has 2 unspecified atom stereocenters. The van der Waals surface area contributed by atoms with Gasteiger partial charge < -0.3 is 4.74 Å². The van der Waals surface area contributed by atoms with Crippen molar-refractivity contribution < 1.29 is 4.74 Å². The Morgan fingerprint density at radius 2 is 1.83 bits per heavy atom. The van der Waals surface area contributed by atoms with Crippen molar-refractivity contribution >= 4 is 0 Å². The molecule has 2 atom stereocenters. The smallest absolute Gasteiger partial charge is 0.0843 e. The number of hydrogen-bond acceptors (Lipinski definition) is 1. The van der Waals surface area contributed by atoms with Crippen molar-refractivity contribution in [3.8, 4) is 0 Å². The van der Waals surface area contributed by atoms with Crippen LogP contribution in [0.4, 0.5) is 0 Å². The molecule has 72 valence electrons. The van der Waals surface area contributed by atoms with E-state index in [9.17, 15) is 0 Å². The Morgan fingerprint density at radius 3 is 2.08 bits per heavy atom. The van der Waals surface area contributed by atoms with Crippen LogP contribution >= 0.6 is 0 Å². The normalized spacial score (nSPS) is 26.0. The van der Waals surface area contributed by atoms with E-state index >= 15 is 0 Å². The highest BCUT2D eigenvalue weighted by Crippen LogP contribution is 2.39. The Labute approximate surface area is 76.5 Å². The largest absolute Gasteiger partial charge is 0.373 e. The molecule has 1 fully saturated rings. The lowest BCUT2D eigenvalue weighted by molar-refractivity contribution is 0.157. The fourth-order valence-electron chi connectivity index (χ4n) is 1.86. The zero-order chi connectivity index (χ0) is 9.35. The van der Waals surface area contributed by atoms with Crippen LogP contribution < -0.4 is 0 Å². The van der Waals surface area contributed by atoms with E-state index in [1.807, 2.05) is 0 Å². The van der Waals surface area contributed by atoms with Gasteiger partial charge in [0.05, 0.1) is 12.7 Å². The first-order chi connectivity index (χ1) is 5.41.